The Labute approximate surface area is 157 Å². The van der Waals surface area contributed by atoms with Crippen molar-refractivity contribution >= 4 is 11.9 Å². The molecule has 1 aliphatic heterocycles. The van der Waals surface area contributed by atoms with E-state index in [2.05, 4.69) is 42.1 Å². The average Bonchev–Trinajstić information content (AvgIpc) is 2.49. The van der Waals surface area contributed by atoms with Gasteiger partial charge in [0.1, 0.15) is 0 Å². The first kappa shape index (κ1) is 24.8. The maximum Gasteiger partial charge on any atom is 0.306 e. The molecule has 0 aromatic carbocycles. The summed E-state index contributed by atoms with van der Waals surface area (Å²) in [6.45, 7) is 13.5. The number of piperidine rings is 1. The standard InChI is InChI=1S/C11H23NO2.C8H14O4/c1-10(2)7-9(14)8-11(3,4)12(10)5-6-13;1-3-11-7(9)5-6-8(10)12-4-2/h9,13-14H,5-8H2,1-4H3;3-6H2,1-2H3. The zero-order valence-corrected chi connectivity index (χ0v) is 17.2. The quantitative estimate of drug-likeness (QED) is 0.656. The van der Waals surface area contributed by atoms with Crippen molar-refractivity contribution < 1.29 is 29.3 Å². The summed E-state index contributed by atoms with van der Waals surface area (Å²) in [5, 5.41) is 18.8. The molecule has 0 atom stereocenters. The number of hydrogen-bond donors (Lipinski definition) is 2. The van der Waals surface area contributed by atoms with E-state index >= 15 is 0 Å². The smallest absolute Gasteiger partial charge is 0.306 e. The predicted octanol–water partition coefficient (Wildman–Crippen LogP) is 1.89. The van der Waals surface area contributed by atoms with Crippen LogP contribution in [0.3, 0.4) is 0 Å². The van der Waals surface area contributed by atoms with Gasteiger partial charge in [-0.2, -0.15) is 0 Å². The Bertz CT molecular complexity index is 400. The van der Waals surface area contributed by atoms with Gasteiger partial charge < -0.3 is 19.7 Å². The van der Waals surface area contributed by atoms with E-state index in [1.54, 1.807) is 13.8 Å². The Morgan fingerprint density at radius 3 is 1.65 bits per heavy atom. The summed E-state index contributed by atoms with van der Waals surface area (Å²) >= 11 is 0. The minimum atomic E-state index is -0.356. The second-order valence-electron chi connectivity index (χ2n) is 7.67. The second-order valence-corrected chi connectivity index (χ2v) is 7.67. The van der Waals surface area contributed by atoms with Crippen molar-refractivity contribution in [3.63, 3.8) is 0 Å². The van der Waals surface area contributed by atoms with Crippen molar-refractivity contribution in [3.05, 3.63) is 0 Å². The zero-order valence-electron chi connectivity index (χ0n) is 17.2. The third-order valence-corrected chi connectivity index (χ3v) is 4.40. The molecule has 1 heterocycles. The van der Waals surface area contributed by atoms with Gasteiger partial charge in [0.25, 0.3) is 0 Å². The lowest BCUT2D eigenvalue weighted by atomic mass is 9.78. The van der Waals surface area contributed by atoms with Gasteiger partial charge in [-0.3, -0.25) is 14.5 Å². The zero-order chi connectivity index (χ0) is 20.4. The van der Waals surface area contributed by atoms with Gasteiger partial charge in [-0.1, -0.05) is 0 Å². The molecule has 0 bridgehead atoms. The van der Waals surface area contributed by atoms with E-state index < -0.39 is 0 Å². The van der Waals surface area contributed by atoms with Gasteiger partial charge in [-0.15, -0.1) is 0 Å². The van der Waals surface area contributed by atoms with Crippen LogP contribution in [-0.2, 0) is 19.1 Å². The van der Waals surface area contributed by atoms with E-state index in [1.807, 2.05) is 0 Å². The number of β-amino-alcohol motifs (C(OH)–C–C–N with tert-alkyl or cyclic N) is 1. The van der Waals surface area contributed by atoms with Gasteiger partial charge in [-0.25, -0.2) is 0 Å². The third-order valence-electron chi connectivity index (χ3n) is 4.40. The Morgan fingerprint density at radius 2 is 1.35 bits per heavy atom. The highest BCUT2D eigenvalue weighted by Gasteiger charge is 2.44. The number of likely N-dealkylation sites (tertiary alicyclic amines) is 1. The van der Waals surface area contributed by atoms with Crippen LogP contribution in [0.5, 0.6) is 0 Å². The molecule has 0 aromatic heterocycles. The average molecular weight is 376 g/mol. The van der Waals surface area contributed by atoms with Crippen molar-refractivity contribution in [2.45, 2.75) is 84.4 Å². The van der Waals surface area contributed by atoms with Crippen LogP contribution in [0.25, 0.3) is 0 Å². The highest BCUT2D eigenvalue weighted by Crippen LogP contribution is 2.37. The fourth-order valence-electron chi connectivity index (χ4n) is 3.64. The monoisotopic (exact) mass is 375 g/mol. The van der Waals surface area contributed by atoms with Crippen LogP contribution in [0.15, 0.2) is 0 Å². The molecule has 0 saturated carbocycles. The molecule has 154 valence electrons. The van der Waals surface area contributed by atoms with E-state index in [1.165, 1.54) is 0 Å². The second kappa shape index (κ2) is 11.5. The maximum atomic E-state index is 10.7. The Morgan fingerprint density at radius 1 is 0.962 bits per heavy atom. The lowest BCUT2D eigenvalue weighted by molar-refractivity contribution is -0.149. The van der Waals surface area contributed by atoms with E-state index in [9.17, 15) is 14.7 Å². The number of carbonyl (C=O) groups is 2. The Balaban J connectivity index is 0.000000488. The Hall–Kier alpha value is -1.18. The summed E-state index contributed by atoms with van der Waals surface area (Å²) < 4.78 is 9.25. The SMILES string of the molecule is CC1(C)CC(O)CC(C)(C)N1CCO.CCOC(=O)CCC(=O)OCC. The predicted molar refractivity (Wildman–Crippen MR) is 99.7 cm³/mol. The minimum absolute atomic E-state index is 0.0239. The summed E-state index contributed by atoms with van der Waals surface area (Å²) in [6, 6.07) is 0. The lowest BCUT2D eigenvalue weighted by Crippen LogP contribution is -2.62. The molecule has 7 heteroatoms. The number of hydrogen-bond acceptors (Lipinski definition) is 7. The summed E-state index contributed by atoms with van der Waals surface area (Å²) in [6.07, 6.45) is 1.57. The van der Waals surface area contributed by atoms with Gasteiger partial charge in [0.2, 0.25) is 0 Å². The number of aliphatic hydroxyl groups excluding tert-OH is 2. The molecule has 7 nitrogen and oxygen atoms in total. The van der Waals surface area contributed by atoms with Crippen LogP contribution in [0.4, 0.5) is 0 Å². The molecule has 0 amide bonds. The molecule has 0 spiro atoms. The molecule has 0 unspecified atom stereocenters. The fraction of sp³-hybridized carbons (Fsp3) is 0.895. The van der Waals surface area contributed by atoms with E-state index in [-0.39, 0.29) is 48.6 Å². The van der Waals surface area contributed by atoms with Crippen LogP contribution in [0.1, 0.15) is 67.2 Å². The molecular formula is C19H37NO6. The van der Waals surface area contributed by atoms with Gasteiger partial charge >= 0.3 is 11.9 Å². The molecular weight excluding hydrogens is 338 g/mol. The van der Waals surface area contributed by atoms with Crippen molar-refractivity contribution in [2.24, 2.45) is 0 Å². The topological polar surface area (TPSA) is 96.3 Å². The third kappa shape index (κ3) is 8.96. The first-order chi connectivity index (χ1) is 12.0. The molecule has 26 heavy (non-hydrogen) atoms. The summed E-state index contributed by atoms with van der Waals surface area (Å²) in [5.41, 5.74) is -0.0478. The lowest BCUT2D eigenvalue weighted by Gasteiger charge is -2.54. The normalized spacial score (nSPS) is 19.2. The summed E-state index contributed by atoms with van der Waals surface area (Å²) in [4.78, 5) is 23.7. The molecule has 0 aromatic rings. The van der Waals surface area contributed by atoms with Crippen LogP contribution in [0.2, 0.25) is 0 Å². The van der Waals surface area contributed by atoms with Crippen molar-refractivity contribution in [2.75, 3.05) is 26.4 Å². The van der Waals surface area contributed by atoms with Crippen LogP contribution in [0, 0.1) is 0 Å². The molecule has 2 N–H and O–H groups in total. The number of nitrogens with zero attached hydrogens (tertiary/aromatic N) is 1. The number of rotatable bonds is 7. The van der Waals surface area contributed by atoms with Crippen molar-refractivity contribution in [1.82, 2.24) is 4.90 Å². The summed E-state index contributed by atoms with van der Waals surface area (Å²) in [7, 11) is 0. The summed E-state index contributed by atoms with van der Waals surface area (Å²) in [5.74, 6) is -0.712. The number of esters is 2. The Kier molecular flexibility index (Phi) is 11.0. The molecule has 1 saturated heterocycles. The largest absolute Gasteiger partial charge is 0.466 e. The number of aliphatic hydroxyl groups is 2. The fourth-order valence-corrected chi connectivity index (χ4v) is 3.64. The highest BCUT2D eigenvalue weighted by atomic mass is 16.5. The van der Waals surface area contributed by atoms with Gasteiger partial charge in [0.15, 0.2) is 0 Å². The highest BCUT2D eigenvalue weighted by molar-refractivity contribution is 5.77. The first-order valence-corrected chi connectivity index (χ1v) is 9.38. The van der Waals surface area contributed by atoms with Crippen molar-refractivity contribution in [1.29, 1.82) is 0 Å². The van der Waals surface area contributed by atoms with E-state index in [0.29, 0.717) is 19.8 Å². The van der Waals surface area contributed by atoms with E-state index in [4.69, 9.17) is 5.11 Å². The molecule has 1 fully saturated rings. The molecule has 0 radical (unpaired) electrons. The number of carbonyl (C=O) groups excluding carboxylic acids is 2. The molecule has 1 rings (SSSR count). The van der Waals surface area contributed by atoms with E-state index in [0.717, 1.165) is 12.8 Å². The first-order valence-electron chi connectivity index (χ1n) is 9.38. The molecule has 1 aliphatic rings. The van der Waals surface area contributed by atoms with Crippen LogP contribution < -0.4 is 0 Å². The van der Waals surface area contributed by atoms with Gasteiger partial charge in [-0.05, 0) is 54.4 Å². The van der Waals surface area contributed by atoms with Crippen LogP contribution in [-0.4, -0.2) is 70.6 Å². The molecule has 0 aliphatic carbocycles. The maximum absolute atomic E-state index is 10.7. The van der Waals surface area contributed by atoms with Crippen LogP contribution >= 0.6 is 0 Å². The van der Waals surface area contributed by atoms with Crippen molar-refractivity contribution in [3.8, 4) is 0 Å². The number of ether oxygens (including phenoxy) is 2. The van der Waals surface area contributed by atoms with Gasteiger partial charge in [0, 0.05) is 17.6 Å². The minimum Gasteiger partial charge on any atom is -0.466 e. The van der Waals surface area contributed by atoms with Gasteiger partial charge in [0.05, 0.1) is 38.8 Å².